The van der Waals surface area contributed by atoms with Gasteiger partial charge in [-0.2, -0.15) is 5.26 Å². The first-order valence-electron chi connectivity index (χ1n) is 7.34. The molecule has 0 unspecified atom stereocenters. The van der Waals surface area contributed by atoms with E-state index in [1.807, 2.05) is 0 Å². The molecule has 0 N–H and O–H groups in total. The standard InChI is InChI=1S/C15H26N2O/c1-3-4-5-6-7-8-10-14(18)17(2)15(13-16)11-9-12-15/h3-12H2,1-2H3. The van der Waals surface area contributed by atoms with Crippen molar-refractivity contribution >= 4 is 5.91 Å². The lowest BCUT2D eigenvalue weighted by Crippen LogP contribution is -2.53. The number of unbranched alkanes of at least 4 members (excludes halogenated alkanes) is 5. The van der Waals surface area contributed by atoms with Crippen molar-refractivity contribution in [1.29, 1.82) is 5.26 Å². The number of carbonyl (C=O) groups excluding carboxylic acids is 1. The zero-order valence-electron chi connectivity index (χ0n) is 11.9. The second-order valence-corrected chi connectivity index (χ2v) is 5.47. The highest BCUT2D eigenvalue weighted by Gasteiger charge is 2.42. The van der Waals surface area contributed by atoms with Crippen molar-refractivity contribution in [2.24, 2.45) is 0 Å². The number of rotatable bonds is 8. The molecule has 1 fully saturated rings. The molecule has 0 bridgehead atoms. The number of nitrogens with zero attached hydrogens (tertiary/aromatic N) is 2. The molecule has 0 saturated heterocycles. The predicted molar refractivity (Wildman–Crippen MR) is 73.0 cm³/mol. The largest absolute Gasteiger partial charge is 0.327 e. The lowest BCUT2D eigenvalue weighted by molar-refractivity contribution is -0.136. The molecular weight excluding hydrogens is 224 g/mol. The molecule has 0 heterocycles. The zero-order chi connectivity index (χ0) is 13.4. The first-order valence-corrected chi connectivity index (χ1v) is 7.34. The van der Waals surface area contributed by atoms with E-state index in [0.717, 1.165) is 32.1 Å². The summed E-state index contributed by atoms with van der Waals surface area (Å²) >= 11 is 0. The molecule has 1 aliphatic carbocycles. The van der Waals surface area contributed by atoms with Crippen LogP contribution >= 0.6 is 0 Å². The monoisotopic (exact) mass is 250 g/mol. The predicted octanol–water partition coefficient (Wildman–Crippen LogP) is 3.64. The lowest BCUT2D eigenvalue weighted by atomic mass is 9.76. The maximum Gasteiger partial charge on any atom is 0.223 e. The normalized spacial score (nSPS) is 16.7. The van der Waals surface area contributed by atoms with Gasteiger partial charge in [0.15, 0.2) is 0 Å². The Hall–Kier alpha value is -1.04. The summed E-state index contributed by atoms with van der Waals surface area (Å²) in [4.78, 5) is 13.7. The number of hydrogen-bond acceptors (Lipinski definition) is 2. The maximum absolute atomic E-state index is 12.0. The highest BCUT2D eigenvalue weighted by Crippen LogP contribution is 2.36. The van der Waals surface area contributed by atoms with Gasteiger partial charge in [0, 0.05) is 13.5 Å². The zero-order valence-corrected chi connectivity index (χ0v) is 11.9. The fraction of sp³-hybridized carbons (Fsp3) is 0.867. The average Bonchev–Trinajstić information content (AvgIpc) is 2.32. The van der Waals surface area contributed by atoms with Gasteiger partial charge in [0.1, 0.15) is 5.54 Å². The minimum Gasteiger partial charge on any atom is -0.327 e. The van der Waals surface area contributed by atoms with Gasteiger partial charge in [-0.25, -0.2) is 0 Å². The van der Waals surface area contributed by atoms with Crippen LogP contribution in [0.3, 0.4) is 0 Å². The Bertz CT molecular complexity index is 302. The summed E-state index contributed by atoms with van der Waals surface area (Å²) in [6.07, 6.45) is 10.5. The Morgan fingerprint density at radius 2 is 1.83 bits per heavy atom. The number of amides is 1. The van der Waals surface area contributed by atoms with Gasteiger partial charge in [0.25, 0.3) is 0 Å². The molecule has 0 aromatic heterocycles. The molecule has 0 aromatic rings. The first-order chi connectivity index (χ1) is 8.66. The third kappa shape index (κ3) is 3.73. The van der Waals surface area contributed by atoms with Crippen LogP contribution < -0.4 is 0 Å². The third-order valence-corrected chi connectivity index (χ3v) is 4.15. The molecule has 0 radical (unpaired) electrons. The van der Waals surface area contributed by atoms with Crippen LogP contribution in [-0.4, -0.2) is 23.4 Å². The molecule has 1 aliphatic rings. The van der Waals surface area contributed by atoms with E-state index in [1.165, 1.54) is 25.7 Å². The summed E-state index contributed by atoms with van der Waals surface area (Å²) in [5, 5.41) is 9.18. The summed E-state index contributed by atoms with van der Waals surface area (Å²) in [7, 11) is 1.79. The van der Waals surface area contributed by atoms with E-state index in [9.17, 15) is 10.1 Å². The molecule has 0 atom stereocenters. The van der Waals surface area contributed by atoms with Gasteiger partial charge in [-0.15, -0.1) is 0 Å². The maximum atomic E-state index is 12.0. The van der Waals surface area contributed by atoms with E-state index in [0.29, 0.717) is 6.42 Å². The smallest absolute Gasteiger partial charge is 0.223 e. The van der Waals surface area contributed by atoms with E-state index in [1.54, 1.807) is 11.9 Å². The van der Waals surface area contributed by atoms with Crippen molar-refractivity contribution in [3.8, 4) is 6.07 Å². The summed E-state index contributed by atoms with van der Waals surface area (Å²) < 4.78 is 0. The van der Waals surface area contributed by atoms with Gasteiger partial charge in [-0.05, 0) is 25.7 Å². The molecule has 0 aliphatic heterocycles. The number of nitriles is 1. The van der Waals surface area contributed by atoms with Crippen LogP contribution in [0.5, 0.6) is 0 Å². The molecule has 1 rings (SSSR count). The van der Waals surface area contributed by atoms with Crippen molar-refractivity contribution in [3.05, 3.63) is 0 Å². The van der Waals surface area contributed by atoms with Crippen LogP contribution in [-0.2, 0) is 4.79 Å². The summed E-state index contributed by atoms with van der Waals surface area (Å²) in [6.45, 7) is 2.21. The highest BCUT2D eigenvalue weighted by molar-refractivity contribution is 5.77. The van der Waals surface area contributed by atoms with Crippen LogP contribution in [0.2, 0.25) is 0 Å². The van der Waals surface area contributed by atoms with Crippen molar-refractivity contribution < 1.29 is 4.79 Å². The van der Waals surface area contributed by atoms with E-state index in [-0.39, 0.29) is 5.91 Å². The van der Waals surface area contributed by atoms with Crippen molar-refractivity contribution in [2.45, 2.75) is 76.7 Å². The van der Waals surface area contributed by atoms with Gasteiger partial charge >= 0.3 is 0 Å². The summed E-state index contributed by atoms with van der Waals surface area (Å²) in [6, 6.07) is 2.32. The molecule has 3 heteroatoms. The van der Waals surface area contributed by atoms with Crippen molar-refractivity contribution in [3.63, 3.8) is 0 Å². The topological polar surface area (TPSA) is 44.1 Å². The van der Waals surface area contributed by atoms with Crippen molar-refractivity contribution in [1.82, 2.24) is 4.90 Å². The van der Waals surface area contributed by atoms with Crippen LogP contribution in [0.1, 0.15) is 71.1 Å². The Labute approximate surface area is 111 Å². The van der Waals surface area contributed by atoms with Gasteiger partial charge in [0.05, 0.1) is 6.07 Å². The number of hydrogen-bond donors (Lipinski definition) is 0. The Morgan fingerprint density at radius 1 is 1.22 bits per heavy atom. The van der Waals surface area contributed by atoms with Gasteiger partial charge < -0.3 is 4.90 Å². The number of carbonyl (C=O) groups is 1. The highest BCUT2D eigenvalue weighted by atomic mass is 16.2. The molecule has 0 aromatic carbocycles. The molecule has 0 spiro atoms. The van der Waals surface area contributed by atoms with Crippen LogP contribution in [0, 0.1) is 11.3 Å². The van der Waals surface area contributed by atoms with Gasteiger partial charge in [0.2, 0.25) is 5.91 Å². The van der Waals surface area contributed by atoms with Crippen LogP contribution in [0.4, 0.5) is 0 Å². The lowest BCUT2D eigenvalue weighted by Gasteiger charge is -2.43. The van der Waals surface area contributed by atoms with Gasteiger partial charge in [-0.1, -0.05) is 39.0 Å². The molecule has 102 valence electrons. The second-order valence-electron chi connectivity index (χ2n) is 5.47. The van der Waals surface area contributed by atoms with E-state index in [4.69, 9.17) is 0 Å². The Morgan fingerprint density at radius 3 is 2.33 bits per heavy atom. The average molecular weight is 250 g/mol. The molecule has 18 heavy (non-hydrogen) atoms. The molecule has 1 saturated carbocycles. The van der Waals surface area contributed by atoms with Crippen molar-refractivity contribution in [2.75, 3.05) is 7.05 Å². The van der Waals surface area contributed by atoms with E-state index in [2.05, 4.69) is 13.0 Å². The quantitative estimate of drug-likeness (QED) is 0.617. The Kier molecular flexibility index (Phi) is 6.18. The third-order valence-electron chi connectivity index (χ3n) is 4.15. The summed E-state index contributed by atoms with van der Waals surface area (Å²) in [5.74, 6) is 0.145. The van der Waals surface area contributed by atoms with E-state index >= 15 is 0 Å². The molecule has 3 nitrogen and oxygen atoms in total. The SMILES string of the molecule is CCCCCCCCC(=O)N(C)C1(C#N)CCC1. The summed E-state index contributed by atoms with van der Waals surface area (Å²) in [5.41, 5.74) is -0.473. The van der Waals surface area contributed by atoms with Gasteiger partial charge in [-0.3, -0.25) is 4.79 Å². The van der Waals surface area contributed by atoms with Crippen LogP contribution in [0.15, 0.2) is 0 Å². The fourth-order valence-corrected chi connectivity index (χ4v) is 2.50. The second kappa shape index (κ2) is 7.41. The molecule has 1 amide bonds. The Balaban J connectivity index is 2.18. The minimum absolute atomic E-state index is 0.145. The van der Waals surface area contributed by atoms with E-state index < -0.39 is 5.54 Å². The first kappa shape index (κ1) is 15.0. The minimum atomic E-state index is -0.473. The van der Waals surface area contributed by atoms with Crippen LogP contribution in [0.25, 0.3) is 0 Å². The molecular formula is C15H26N2O. The fourth-order valence-electron chi connectivity index (χ4n) is 2.50.